The van der Waals surface area contributed by atoms with Crippen LogP contribution in [0.15, 0.2) is 70.4 Å². The molecule has 0 atom stereocenters. The number of benzene rings is 1. The van der Waals surface area contributed by atoms with Gasteiger partial charge >= 0.3 is 5.97 Å². The van der Waals surface area contributed by atoms with Crippen LogP contribution in [0.1, 0.15) is 46.2 Å². The molecule has 1 N–H and O–H groups in total. The Morgan fingerprint density at radius 1 is 1.07 bits per heavy atom. The van der Waals surface area contributed by atoms with Gasteiger partial charge in [-0.25, -0.2) is 10.2 Å². The van der Waals surface area contributed by atoms with Gasteiger partial charge in [0.05, 0.1) is 18.4 Å². The molecule has 148 valence electrons. The molecule has 3 rings (SSSR count). The van der Waals surface area contributed by atoms with Crippen LogP contribution >= 0.6 is 0 Å². The number of pyridine rings is 1. The van der Waals surface area contributed by atoms with Crippen molar-refractivity contribution in [2.24, 2.45) is 5.10 Å². The minimum Gasteiger partial charge on any atom is -0.462 e. The predicted octanol–water partition coefficient (Wildman–Crippen LogP) is 4.06. The quantitative estimate of drug-likeness (QED) is 0.270. The smallest absolute Gasteiger partial charge is 0.338 e. The van der Waals surface area contributed by atoms with Crippen molar-refractivity contribution in [3.8, 4) is 11.3 Å². The van der Waals surface area contributed by atoms with Gasteiger partial charge in [-0.1, -0.05) is 25.5 Å². The van der Waals surface area contributed by atoms with Crippen LogP contribution in [0.2, 0.25) is 0 Å². The average molecular weight is 391 g/mol. The molecule has 0 radical (unpaired) electrons. The lowest BCUT2D eigenvalue weighted by molar-refractivity contribution is 0.0499. The van der Waals surface area contributed by atoms with Gasteiger partial charge in [-0.05, 0) is 42.8 Å². The highest BCUT2D eigenvalue weighted by atomic mass is 16.5. The first-order chi connectivity index (χ1) is 14.2. The fraction of sp³-hybridized carbons (Fsp3) is 0.182. The van der Waals surface area contributed by atoms with E-state index in [9.17, 15) is 9.59 Å². The molecule has 29 heavy (non-hydrogen) atoms. The number of carbonyl (C=O) groups is 2. The Bertz CT molecular complexity index is 979. The minimum absolute atomic E-state index is 0.331. The normalized spacial score (nSPS) is 10.8. The fourth-order valence-corrected chi connectivity index (χ4v) is 2.46. The van der Waals surface area contributed by atoms with Crippen molar-refractivity contribution >= 4 is 18.1 Å². The lowest BCUT2D eigenvalue weighted by atomic mass is 10.1. The number of aromatic nitrogens is 1. The number of hydrogen-bond donors (Lipinski definition) is 1. The summed E-state index contributed by atoms with van der Waals surface area (Å²) in [5.74, 6) is 0.440. The summed E-state index contributed by atoms with van der Waals surface area (Å²) in [4.78, 5) is 27.7. The molecule has 0 aliphatic carbocycles. The van der Waals surface area contributed by atoms with Crippen LogP contribution in [-0.4, -0.2) is 29.7 Å². The molecular formula is C22H21N3O4. The number of esters is 1. The number of hydrazone groups is 1. The molecule has 2 aromatic heterocycles. The fourth-order valence-electron chi connectivity index (χ4n) is 2.46. The van der Waals surface area contributed by atoms with Crippen LogP contribution < -0.4 is 5.43 Å². The second-order valence-corrected chi connectivity index (χ2v) is 6.20. The molecule has 0 saturated heterocycles. The molecule has 0 unspecified atom stereocenters. The zero-order chi connectivity index (χ0) is 20.5. The van der Waals surface area contributed by atoms with E-state index in [1.807, 2.05) is 6.92 Å². The molecule has 3 aromatic rings. The van der Waals surface area contributed by atoms with Crippen LogP contribution in [0.4, 0.5) is 0 Å². The van der Waals surface area contributed by atoms with Crippen LogP contribution in [0.3, 0.4) is 0 Å². The van der Waals surface area contributed by atoms with Gasteiger partial charge in [0.1, 0.15) is 11.5 Å². The number of nitrogens with one attached hydrogen (secondary N) is 1. The summed E-state index contributed by atoms with van der Waals surface area (Å²) in [5.41, 5.74) is 4.20. The number of carbonyl (C=O) groups excluding carboxylic acids is 2. The van der Waals surface area contributed by atoms with Crippen molar-refractivity contribution < 1.29 is 18.7 Å². The van der Waals surface area contributed by atoms with Gasteiger partial charge in [-0.15, -0.1) is 0 Å². The Kier molecular flexibility index (Phi) is 6.89. The first-order valence-electron chi connectivity index (χ1n) is 9.28. The maximum atomic E-state index is 11.9. The van der Waals surface area contributed by atoms with Crippen molar-refractivity contribution in [3.05, 3.63) is 77.8 Å². The summed E-state index contributed by atoms with van der Waals surface area (Å²) in [7, 11) is 0. The highest BCUT2D eigenvalue weighted by Crippen LogP contribution is 2.22. The van der Waals surface area contributed by atoms with Crippen molar-refractivity contribution in [2.45, 2.75) is 19.8 Å². The molecule has 7 nitrogen and oxygen atoms in total. The molecular weight excluding hydrogens is 370 g/mol. The molecule has 1 aromatic carbocycles. The van der Waals surface area contributed by atoms with Crippen LogP contribution in [0.5, 0.6) is 0 Å². The van der Waals surface area contributed by atoms with E-state index in [-0.39, 0.29) is 11.9 Å². The molecule has 0 spiro atoms. The number of rotatable bonds is 8. The van der Waals surface area contributed by atoms with E-state index in [0.29, 0.717) is 29.3 Å². The standard InChI is InChI=1S/C22H21N3O4/c1-2-3-14-28-22(27)18-6-4-16(5-7-18)20-9-8-19(29-20)15-24-25-21(26)17-10-12-23-13-11-17/h4-13,15H,2-3,14H2,1H3,(H,25,26)/b24-15-. The Hall–Kier alpha value is -3.74. The Balaban J connectivity index is 1.58. The lowest BCUT2D eigenvalue weighted by Crippen LogP contribution is -2.17. The molecule has 0 saturated carbocycles. The van der Waals surface area contributed by atoms with Gasteiger partial charge < -0.3 is 9.15 Å². The van der Waals surface area contributed by atoms with E-state index in [0.717, 1.165) is 18.4 Å². The highest BCUT2D eigenvalue weighted by Gasteiger charge is 2.09. The maximum Gasteiger partial charge on any atom is 0.338 e. The molecule has 0 bridgehead atoms. The predicted molar refractivity (Wildman–Crippen MR) is 109 cm³/mol. The summed E-state index contributed by atoms with van der Waals surface area (Å²) >= 11 is 0. The van der Waals surface area contributed by atoms with Crippen LogP contribution in [0.25, 0.3) is 11.3 Å². The number of hydrogen-bond acceptors (Lipinski definition) is 6. The van der Waals surface area contributed by atoms with Crippen molar-refractivity contribution in [3.63, 3.8) is 0 Å². The first kappa shape index (κ1) is 20.0. The minimum atomic E-state index is -0.336. The zero-order valence-electron chi connectivity index (χ0n) is 16.0. The second-order valence-electron chi connectivity index (χ2n) is 6.20. The third-order valence-corrected chi connectivity index (χ3v) is 4.06. The van der Waals surface area contributed by atoms with Crippen LogP contribution in [-0.2, 0) is 4.74 Å². The van der Waals surface area contributed by atoms with Gasteiger partial charge in [-0.3, -0.25) is 9.78 Å². The summed E-state index contributed by atoms with van der Waals surface area (Å²) in [6.45, 7) is 2.47. The van der Waals surface area contributed by atoms with Gasteiger partial charge in [0, 0.05) is 23.5 Å². The van der Waals surface area contributed by atoms with E-state index in [2.05, 4.69) is 15.5 Å². The van der Waals surface area contributed by atoms with E-state index < -0.39 is 0 Å². The monoisotopic (exact) mass is 391 g/mol. The van der Waals surface area contributed by atoms with Gasteiger partial charge in [0.25, 0.3) is 5.91 Å². The van der Waals surface area contributed by atoms with Crippen molar-refractivity contribution in [2.75, 3.05) is 6.61 Å². The number of furan rings is 1. The number of amides is 1. The van der Waals surface area contributed by atoms with Crippen LogP contribution in [0, 0.1) is 0 Å². The van der Waals surface area contributed by atoms with Gasteiger partial charge in [0.2, 0.25) is 0 Å². The Labute approximate surface area is 168 Å². The van der Waals surface area contributed by atoms with Crippen molar-refractivity contribution in [1.29, 1.82) is 0 Å². The number of ether oxygens (including phenoxy) is 1. The maximum absolute atomic E-state index is 11.9. The second kappa shape index (κ2) is 9.98. The summed E-state index contributed by atoms with van der Waals surface area (Å²) in [6, 6.07) is 13.7. The SMILES string of the molecule is CCCCOC(=O)c1ccc(-c2ccc(/C=N\NC(=O)c3ccncc3)o2)cc1. The van der Waals surface area contributed by atoms with E-state index >= 15 is 0 Å². The molecule has 2 heterocycles. The Morgan fingerprint density at radius 2 is 1.83 bits per heavy atom. The zero-order valence-corrected chi connectivity index (χ0v) is 16.0. The van der Waals surface area contributed by atoms with Crippen molar-refractivity contribution in [1.82, 2.24) is 10.4 Å². The molecule has 1 amide bonds. The topological polar surface area (TPSA) is 93.8 Å². The molecule has 0 aliphatic rings. The highest BCUT2D eigenvalue weighted by molar-refractivity contribution is 5.94. The van der Waals surface area contributed by atoms with Gasteiger partial charge in [-0.2, -0.15) is 5.10 Å². The molecule has 0 fully saturated rings. The van der Waals surface area contributed by atoms with Gasteiger partial charge in [0.15, 0.2) is 0 Å². The molecule has 0 aliphatic heterocycles. The van der Waals surface area contributed by atoms with E-state index in [1.54, 1.807) is 48.5 Å². The van der Waals surface area contributed by atoms with E-state index in [1.165, 1.54) is 18.6 Å². The summed E-state index contributed by atoms with van der Waals surface area (Å²) in [5, 5.41) is 3.90. The largest absolute Gasteiger partial charge is 0.462 e. The number of unbranched alkanes of at least 4 members (excludes halogenated alkanes) is 1. The first-order valence-corrected chi connectivity index (χ1v) is 9.28. The third-order valence-electron chi connectivity index (χ3n) is 4.06. The number of nitrogens with zero attached hydrogens (tertiary/aromatic N) is 2. The van der Waals surface area contributed by atoms with E-state index in [4.69, 9.17) is 9.15 Å². The third kappa shape index (κ3) is 5.62. The summed E-state index contributed by atoms with van der Waals surface area (Å²) < 4.78 is 10.9. The summed E-state index contributed by atoms with van der Waals surface area (Å²) in [6.07, 6.45) is 6.32. The lowest BCUT2D eigenvalue weighted by Gasteiger charge is -2.04. The average Bonchev–Trinajstić information content (AvgIpc) is 3.23. The Morgan fingerprint density at radius 3 is 2.55 bits per heavy atom. The molecule has 7 heteroatoms.